The number of benzene rings is 1. The van der Waals surface area contributed by atoms with Gasteiger partial charge in [0.1, 0.15) is 11.9 Å². The van der Waals surface area contributed by atoms with Gasteiger partial charge in [-0.3, -0.25) is 0 Å². The minimum absolute atomic E-state index is 0.185. The van der Waals surface area contributed by atoms with Crippen LogP contribution in [-0.2, 0) is 11.3 Å². The molecule has 1 aromatic heterocycles. The Balaban J connectivity index is 1.44. The standard InChI is InChI=1S/C21H31FN6O/c1-2-3-6-20(21-23-24-25-28(21)16-19-5-4-15-29-19)27-13-11-26(12-14-27)18-9-7-17(22)8-10-18/h7-10,19-20H,2-6,11-16H2,1H3/p+1/t19-,20-/m0/s1. The number of aromatic nitrogens is 4. The first-order valence-corrected chi connectivity index (χ1v) is 11.0. The Morgan fingerprint density at radius 2 is 2.03 bits per heavy atom. The molecule has 1 N–H and O–H groups in total. The van der Waals surface area contributed by atoms with Crippen LogP contribution in [0.4, 0.5) is 10.1 Å². The average Bonchev–Trinajstić information content (AvgIpc) is 3.42. The molecule has 2 atom stereocenters. The molecule has 0 aliphatic carbocycles. The van der Waals surface area contributed by atoms with Crippen molar-refractivity contribution in [3.8, 4) is 0 Å². The molecular formula is C21H32FN6O+. The Labute approximate surface area is 171 Å². The Kier molecular flexibility index (Phi) is 6.71. The number of anilines is 1. The molecule has 2 saturated heterocycles. The molecule has 2 fully saturated rings. The molecule has 3 heterocycles. The Bertz CT molecular complexity index is 753. The smallest absolute Gasteiger partial charge is 0.209 e. The molecule has 2 aliphatic heterocycles. The highest BCUT2D eigenvalue weighted by Gasteiger charge is 2.33. The quantitative estimate of drug-likeness (QED) is 0.726. The summed E-state index contributed by atoms with van der Waals surface area (Å²) in [6, 6.07) is 7.13. The highest BCUT2D eigenvalue weighted by Crippen LogP contribution is 2.19. The maximum absolute atomic E-state index is 13.2. The number of quaternary nitrogens is 1. The van der Waals surface area contributed by atoms with Crippen molar-refractivity contribution in [2.45, 2.75) is 57.7 Å². The number of nitrogens with one attached hydrogen (secondary N) is 1. The van der Waals surface area contributed by atoms with Crippen molar-refractivity contribution < 1.29 is 14.0 Å². The van der Waals surface area contributed by atoms with E-state index in [1.165, 1.54) is 25.0 Å². The lowest BCUT2D eigenvalue weighted by molar-refractivity contribution is -0.933. The van der Waals surface area contributed by atoms with Crippen LogP contribution in [0.15, 0.2) is 24.3 Å². The molecule has 0 amide bonds. The molecule has 8 heteroatoms. The summed E-state index contributed by atoms with van der Waals surface area (Å²) in [5.74, 6) is 0.815. The van der Waals surface area contributed by atoms with Gasteiger partial charge in [-0.2, -0.15) is 0 Å². The summed E-state index contributed by atoms with van der Waals surface area (Å²) < 4.78 is 21.0. The monoisotopic (exact) mass is 403 g/mol. The molecule has 4 rings (SSSR count). The van der Waals surface area contributed by atoms with Gasteiger partial charge < -0.3 is 14.5 Å². The van der Waals surface area contributed by atoms with E-state index in [1.54, 1.807) is 4.90 Å². The number of rotatable bonds is 8. The van der Waals surface area contributed by atoms with Crippen molar-refractivity contribution in [3.63, 3.8) is 0 Å². The van der Waals surface area contributed by atoms with Crippen molar-refractivity contribution in [2.75, 3.05) is 37.7 Å². The van der Waals surface area contributed by atoms with Gasteiger partial charge in [0.05, 0.1) is 38.8 Å². The predicted molar refractivity (Wildman–Crippen MR) is 108 cm³/mol. The lowest BCUT2D eigenvalue weighted by atomic mass is 10.1. The van der Waals surface area contributed by atoms with Gasteiger partial charge in [0.15, 0.2) is 0 Å². The molecule has 7 nitrogen and oxygen atoms in total. The maximum atomic E-state index is 13.2. The number of nitrogens with zero attached hydrogens (tertiary/aromatic N) is 5. The number of tetrazole rings is 1. The molecule has 0 saturated carbocycles. The van der Waals surface area contributed by atoms with E-state index in [0.29, 0.717) is 6.04 Å². The molecule has 158 valence electrons. The van der Waals surface area contributed by atoms with E-state index in [1.807, 2.05) is 16.8 Å². The van der Waals surface area contributed by atoms with Crippen LogP contribution >= 0.6 is 0 Å². The third-order valence-corrected chi connectivity index (χ3v) is 6.21. The summed E-state index contributed by atoms with van der Waals surface area (Å²) in [4.78, 5) is 3.88. The van der Waals surface area contributed by atoms with Crippen LogP contribution in [0.2, 0.25) is 0 Å². The molecule has 0 bridgehead atoms. The summed E-state index contributed by atoms with van der Waals surface area (Å²) >= 11 is 0. The van der Waals surface area contributed by atoms with Crippen LogP contribution in [0.5, 0.6) is 0 Å². The van der Waals surface area contributed by atoms with E-state index in [2.05, 4.69) is 27.3 Å². The average molecular weight is 404 g/mol. The zero-order chi connectivity index (χ0) is 20.1. The number of halogens is 1. The van der Waals surface area contributed by atoms with Crippen molar-refractivity contribution in [1.82, 2.24) is 20.2 Å². The Morgan fingerprint density at radius 1 is 1.24 bits per heavy atom. The highest BCUT2D eigenvalue weighted by molar-refractivity contribution is 5.46. The second kappa shape index (κ2) is 9.63. The first-order valence-electron chi connectivity index (χ1n) is 11.0. The van der Waals surface area contributed by atoms with Crippen LogP contribution < -0.4 is 9.80 Å². The molecule has 29 heavy (non-hydrogen) atoms. The van der Waals surface area contributed by atoms with E-state index in [9.17, 15) is 4.39 Å². The summed E-state index contributed by atoms with van der Waals surface area (Å²) in [5, 5.41) is 12.7. The number of hydrogen-bond acceptors (Lipinski definition) is 5. The lowest BCUT2D eigenvalue weighted by Crippen LogP contribution is -3.15. The topological polar surface area (TPSA) is 60.5 Å². The minimum atomic E-state index is -0.185. The van der Waals surface area contributed by atoms with E-state index in [0.717, 1.165) is 70.1 Å². The van der Waals surface area contributed by atoms with Crippen LogP contribution in [0.1, 0.15) is 50.9 Å². The fourth-order valence-corrected chi connectivity index (χ4v) is 4.55. The summed E-state index contributed by atoms with van der Waals surface area (Å²) in [5.41, 5.74) is 1.10. The van der Waals surface area contributed by atoms with Gasteiger partial charge >= 0.3 is 0 Å². The van der Waals surface area contributed by atoms with Gasteiger partial charge in [-0.15, -0.1) is 5.10 Å². The Morgan fingerprint density at radius 3 is 2.72 bits per heavy atom. The van der Waals surface area contributed by atoms with E-state index in [4.69, 9.17) is 4.74 Å². The van der Waals surface area contributed by atoms with Crippen LogP contribution in [0.3, 0.4) is 0 Å². The second-order valence-corrected chi connectivity index (χ2v) is 8.17. The van der Waals surface area contributed by atoms with E-state index >= 15 is 0 Å². The summed E-state index contributed by atoms with van der Waals surface area (Å²) in [6.07, 6.45) is 5.87. The normalized spacial score (nSPS) is 21.6. The number of unbranched alkanes of at least 4 members (excludes halogenated alkanes) is 1. The van der Waals surface area contributed by atoms with Crippen molar-refractivity contribution >= 4 is 5.69 Å². The second-order valence-electron chi connectivity index (χ2n) is 8.17. The molecule has 2 aromatic rings. The summed E-state index contributed by atoms with van der Waals surface area (Å²) in [7, 11) is 0. The van der Waals surface area contributed by atoms with Gasteiger partial charge in [-0.25, -0.2) is 9.07 Å². The molecule has 1 aromatic carbocycles. The SMILES string of the molecule is CCCC[C@@H](c1nnnn1C[C@@H]1CCCO1)[NH+]1CCN(c2ccc(F)cc2)CC1. The fourth-order valence-electron chi connectivity index (χ4n) is 4.55. The van der Waals surface area contributed by atoms with Crippen LogP contribution in [-0.4, -0.2) is 59.1 Å². The van der Waals surface area contributed by atoms with Gasteiger partial charge in [-0.05, 0) is 54.0 Å². The zero-order valence-electron chi connectivity index (χ0n) is 17.3. The van der Waals surface area contributed by atoms with Crippen molar-refractivity contribution in [2.24, 2.45) is 0 Å². The first-order chi connectivity index (χ1) is 14.2. The van der Waals surface area contributed by atoms with Crippen molar-refractivity contribution in [1.29, 1.82) is 0 Å². The van der Waals surface area contributed by atoms with Gasteiger partial charge in [0, 0.05) is 18.7 Å². The van der Waals surface area contributed by atoms with E-state index in [-0.39, 0.29) is 11.9 Å². The maximum Gasteiger partial charge on any atom is 0.209 e. The number of piperazine rings is 1. The molecule has 0 radical (unpaired) electrons. The van der Waals surface area contributed by atoms with Gasteiger partial charge in [0.2, 0.25) is 5.82 Å². The van der Waals surface area contributed by atoms with Crippen molar-refractivity contribution in [3.05, 3.63) is 35.9 Å². The van der Waals surface area contributed by atoms with Crippen LogP contribution in [0, 0.1) is 5.82 Å². The fraction of sp³-hybridized carbons (Fsp3) is 0.667. The summed E-state index contributed by atoms with van der Waals surface area (Å²) in [6.45, 7) is 7.79. The van der Waals surface area contributed by atoms with E-state index < -0.39 is 0 Å². The zero-order valence-corrected chi connectivity index (χ0v) is 17.3. The molecule has 2 aliphatic rings. The first kappa shape index (κ1) is 20.2. The minimum Gasteiger partial charge on any atom is -0.376 e. The number of hydrogen-bond donors (Lipinski definition) is 1. The third-order valence-electron chi connectivity index (χ3n) is 6.21. The van der Waals surface area contributed by atoms with Gasteiger partial charge in [0.25, 0.3) is 0 Å². The lowest BCUT2D eigenvalue weighted by Gasteiger charge is -2.37. The number of ether oxygens (including phenoxy) is 1. The van der Waals surface area contributed by atoms with Crippen LogP contribution in [0.25, 0.3) is 0 Å². The predicted octanol–water partition coefficient (Wildman–Crippen LogP) is 1.63. The highest BCUT2D eigenvalue weighted by atomic mass is 19.1. The largest absolute Gasteiger partial charge is 0.376 e. The molecular weight excluding hydrogens is 371 g/mol. The molecule has 0 spiro atoms. The molecule has 0 unspecified atom stereocenters. The Hall–Kier alpha value is -2.06. The van der Waals surface area contributed by atoms with Gasteiger partial charge in [-0.1, -0.05) is 13.3 Å². The third kappa shape index (κ3) is 4.93.